The SMILES string of the molecule is COc1ccc(Cn2[nH]c(=O)cc(CCCO)c2=O)cc1.O=c1cc(CCCO)c(=O)[nH][nH]1. The maximum atomic E-state index is 12.2. The highest BCUT2D eigenvalue weighted by Gasteiger charge is 2.07. The van der Waals surface area contributed by atoms with Gasteiger partial charge in [-0.25, -0.2) is 4.68 Å². The largest absolute Gasteiger partial charge is 0.497 e. The summed E-state index contributed by atoms with van der Waals surface area (Å²) in [6.45, 7) is 0.294. The van der Waals surface area contributed by atoms with Crippen LogP contribution in [0.15, 0.2) is 55.6 Å². The Kier molecular flexibility index (Phi) is 10.1. The molecule has 3 aromatic rings. The maximum Gasteiger partial charge on any atom is 0.268 e. The second kappa shape index (κ2) is 13.0. The van der Waals surface area contributed by atoms with Crippen LogP contribution in [0, 0.1) is 0 Å². The van der Waals surface area contributed by atoms with Gasteiger partial charge < -0.3 is 14.9 Å². The number of aryl methyl sites for hydroxylation is 2. The Morgan fingerprint density at radius 1 is 0.848 bits per heavy atom. The van der Waals surface area contributed by atoms with E-state index < -0.39 is 0 Å². The molecule has 3 rings (SSSR count). The van der Waals surface area contributed by atoms with Crippen molar-refractivity contribution in [2.75, 3.05) is 20.3 Å². The first-order chi connectivity index (χ1) is 15.9. The van der Waals surface area contributed by atoms with Gasteiger partial charge in [-0.3, -0.25) is 34.5 Å². The highest BCUT2D eigenvalue weighted by Crippen LogP contribution is 2.11. The molecule has 11 nitrogen and oxygen atoms in total. The zero-order valence-corrected chi connectivity index (χ0v) is 18.3. The van der Waals surface area contributed by atoms with Gasteiger partial charge in [0.05, 0.1) is 13.7 Å². The first-order valence-corrected chi connectivity index (χ1v) is 10.4. The van der Waals surface area contributed by atoms with Crippen molar-refractivity contribution in [3.63, 3.8) is 0 Å². The number of aromatic amines is 3. The smallest absolute Gasteiger partial charge is 0.268 e. The predicted molar refractivity (Wildman–Crippen MR) is 122 cm³/mol. The molecule has 0 spiro atoms. The lowest BCUT2D eigenvalue weighted by molar-refractivity contribution is 0.288. The van der Waals surface area contributed by atoms with Crippen molar-refractivity contribution >= 4 is 0 Å². The number of aromatic nitrogens is 4. The van der Waals surface area contributed by atoms with E-state index in [4.69, 9.17) is 14.9 Å². The van der Waals surface area contributed by atoms with Crippen LogP contribution in [0.3, 0.4) is 0 Å². The lowest BCUT2D eigenvalue weighted by Gasteiger charge is -2.08. The fourth-order valence-electron chi connectivity index (χ4n) is 3.00. The van der Waals surface area contributed by atoms with Crippen molar-refractivity contribution in [2.24, 2.45) is 0 Å². The third kappa shape index (κ3) is 8.05. The number of nitrogens with one attached hydrogen (secondary N) is 3. The van der Waals surface area contributed by atoms with Crippen molar-refractivity contribution in [3.05, 3.63) is 94.5 Å². The summed E-state index contributed by atoms with van der Waals surface area (Å²) in [4.78, 5) is 45.5. The van der Waals surface area contributed by atoms with Crippen LogP contribution in [0.25, 0.3) is 0 Å². The number of rotatable bonds is 9. The molecule has 0 atom stereocenters. The van der Waals surface area contributed by atoms with Gasteiger partial charge in [-0.15, -0.1) is 0 Å². The number of hydrogen-bond acceptors (Lipinski definition) is 7. The van der Waals surface area contributed by atoms with Crippen LogP contribution in [0.4, 0.5) is 0 Å². The Morgan fingerprint density at radius 2 is 1.45 bits per heavy atom. The monoisotopic (exact) mass is 460 g/mol. The van der Waals surface area contributed by atoms with Crippen molar-refractivity contribution in [1.29, 1.82) is 0 Å². The molecule has 0 aliphatic rings. The van der Waals surface area contributed by atoms with Crippen molar-refractivity contribution in [2.45, 2.75) is 32.2 Å². The van der Waals surface area contributed by atoms with Crippen LogP contribution < -0.4 is 27.0 Å². The molecule has 0 unspecified atom stereocenters. The standard InChI is InChI=1S/C15H18N2O4.C7H10N2O3/c1-21-13-6-4-11(5-7-13)10-17-15(20)12(3-2-8-18)9-14(19)16-17;10-3-1-2-5-4-6(11)8-9-7(5)12/h4-7,9,18H,2-3,8,10H2,1H3,(H,16,19);4,10H,1-3H2,(H,8,11)(H,9,12). The predicted octanol–water partition coefficient (Wildman–Crippen LogP) is -0.493. The van der Waals surface area contributed by atoms with Gasteiger partial charge in [-0.2, -0.15) is 0 Å². The fraction of sp³-hybridized carbons (Fsp3) is 0.364. The van der Waals surface area contributed by atoms with Gasteiger partial charge in [0.1, 0.15) is 5.75 Å². The quantitative estimate of drug-likeness (QED) is 0.287. The minimum atomic E-state index is -0.331. The second-order valence-electron chi connectivity index (χ2n) is 7.15. The van der Waals surface area contributed by atoms with E-state index in [9.17, 15) is 19.2 Å². The zero-order chi connectivity index (χ0) is 24.2. The summed E-state index contributed by atoms with van der Waals surface area (Å²) in [6, 6.07) is 9.81. The lowest BCUT2D eigenvalue weighted by Crippen LogP contribution is -2.32. The Balaban J connectivity index is 0.000000273. The molecule has 0 aliphatic heterocycles. The van der Waals surface area contributed by atoms with Crippen molar-refractivity contribution in [1.82, 2.24) is 20.0 Å². The van der Waals surface area contributed by atoms with Crippen LogP contribution in [0.2, 0.25) is 0 Å². The fourth-order valence-corrected chi connectivity index (χ4v) is 3.00. The van der Waals surface area contributed by atoms with Gasteiger partial charge in [0, 0.05) is 36.5 Å². The normalized spacial score (nSPS) is 10.4. The molecule has 33 heavy (non-hydrogen) atoms. The van der Waals surface area contributed by atoms with Crippen molar-refractivity contribution in [3.8, 4) is 5.75 Å². The highest BCUT2D eigenvalue weighted by atomic mass is 16.5. The summed E-state index contributed by atoms with van der Waals surface area (Å²) in [7, 11) is 1.58. The lowest BCUT2D eigenvalue weighted by atomic mass is 10.1. The number of H-pyrrole nitrogens is 3. The molecular formula is C22H28N4O7. The first kappa shape index (κ1) is 25.6. The molecule has 2 aromatic heterocycles. The average Bonchev–Trinajstić information content (AvgIpc) is 2.81. The third-order valence-corrected chi connectivity index (χ3v) is 4.67. The van der Waals surface area contributed by atoms with Crippen molar-refractivity contribution < 1.29 is 14.9 Å². The minimum Gasteiger partial charge on any atom is -0.497 e. The van der Waals surface area contributed by atoms with E-state index in [1.807, 2.05) is 12.1 Å². The van der Waals surface area contributed by atoms with Crippen LogP contribution in [0.5, 0.6) is 5.75 Å². The molecule has 5 N–H and O–H groups in total. The molecule has 0 saturated carbocycles. The summed E-state index contributed by atoms with van der Waals surface area (Å²) >= 11 is 0. The zero-order valence-electron chi connectivity index (χ0n) is 18.3. The maximum absolute atomic E-state index is 12.2. The molecule has 0 fully saturated rings. The molecule has 11 heteroatoms. The first-order valence-electron chi connectivity index (χ1n) is 10.4. The second-order valence-corrected chi connectivity index (χ2v) is 7.15. The molecule has 2 heterocycles. The third-order valence-electron chi connectivity index (χ3n) is 4.67. The van der Waals surface area contributed by atoms with Crippen LogP contribution >= 0.6 is 0 Å². The van der Waals surface area contributed by atoms with Gasteiger partial charge in [0.2, 0.25) is 0 Å². The number of methoxy groups -OCH3 is 1. The number of ether oxygens (including phenoxy) is 1. The van der Waals surface area contributed by atoms with Gasteiger partial charge in [-0.1, -0.05) is 12.1 Å². The van der Waals surface area contributed by atoms with Crippen LogP contribution in [-0.2, 0) is 19.4 Å². The van der Waals surface area contributed by atoms with E-state index in [2.05, 4.69) is 15.3 Å². The molecule has 178 valence electrons. The molecule has 1 aromatic carbocycles. The van der Waals surface area contributed by atoms with Gasteiger partial charge in [-0.05, 0) is 43.4 Å². The summed E-state index contributed by atoms with van der Waals surface area (Å²) < 4.78 is 6.36. The summed E-state index contributed by atoms with van der Waals surface area (Å²) in [5.74, 6) is 0.733. The van der Waals surface area contributed by atoms with Gasteiger partial charge in [0.15, 0.2) is 0 Å². The van der Waals surface area contributed by atoms with E-state index in [-0.39, 0.29) is 42.0 Å². The molecule has 0 saturated heterocycles. The number of aliphatic hydroxyl groups excluding tert-OH is 2. The Morgan fingerprint density at radius 3 is 2.06 bits per heavy atom. The highest BCUT2D eigenvalue weighted by molar-refractivity contribution is 5.27. The van der Waals surface area contributed by atoms with Gasteiger partial charge in [0.25, 0.3) is 22.2 Å². The minimum absolute atomic E-state index is 0.00921. The van der Waals surface area contributed by atoms with Gasteiger partial charge >= 0.3 is 0 Å². The van der Waals surface area contributed by atoms with E-state index in [1.165, 1.54) is 16.8 Å². The van der Waals surface area contributed by atoms with E-state index >= 15 is 0 Å². The van der Waals surface area contributed by atoms with Crippen LogP contribution in [-0.4, -0.2) is 50.5 Å². The number of nitrogens with zero attached hydrogens (tertiary/aromatic N) is 1. The molecule has 0 aliphatic carbocycles. The topological polar surface area (TPSA) is 170 Å². The summed E-state index contributed by atoms with van der Waals surface area (Å²) in [6.07, 6.45) is 1.77. The summed E-state index contributed by atoms with van der Waals surface area (Å²) in [5.41, 5.74) is 0.516. The number of aliphatic hydroxyl groups is 2. The van der Waals surface area contributed by atoms with E-state index in [0.29, 0.717) is 36.8 Å². The Bertz CT molecular complexity index is 1240. The molecular weight excluding hydrogens is 432 g/mol. The molecule has 0 amide bonds. The molecule has 0 bridgehead atoms. The van der Waals surface area contributed by atoms with E-state index in [1.54, 1.807) is 19.2 Å². The average molecular weight is 460 g/mol. The Labute approximate surface area is 188 Å². The van der Waals surface area contributed by atoms with Crippen LogP contribution in [0.1, 0.15) is 29.5 Å². The number of benzene rings is 1. The Hall–Kier alpha value is -3.70. The molecule has 0 radical (unpaired) electrons. The number of hydrogen-bond donors (Lipinski definition) is 5. The van der Waals surface area contributed by atoms with E-state index in [0.717, 1.165) is 11.3 Å². The summed E-state index contributed by atoms with van der Waals surface area (Å²) in [5, 5.41) is 24.2.